The number of hydrogen-bond acceptors (Lipinski definition) is 10. The van der Waals surface area contributed by atoms with Crippen molar-refractivity contribution < 1.29 is 34.0 Å². The topological polar surface area (TPSA) is 185 Å². The molecule has 5 N–H and O–H groups in total. The summed E-state index contributed by atoms with van der Waals surface area (Å²) in [6, 6.07) is 3.73. The third kappa shape index (κ3) is 4.88. The van der Waals surface area contributed by atoms with Gasteiger partial charge in [0.15, 0.2) is 23.2 Å². The zero-order chi connectivity index (χ0) is 22.0. The average molecular weight is 452 g/mol. The first-order chi connectivity index (χ1) is 14.8. The van der Waals surface area contributed by atoms with Gasteiger partial charge in [0, 0.05) is 18.9 Å². The first-order valence-corrected chi connectivity index (χ1v) is 11.1. The third-order valence-electron chi connectivity index (χ3n) is 4.72. The van der Waals surface area contributed by atoms with Gasteiger partial charge in [-0.3, -0.25) is 14.1 Å². The molecule has 14 heteroatoms. The zero-order valence-corrected chi connectivity index (χ0v) is 17.0. The van der Waals surface area contributed by atoms with E-state index in [4.69, 9.17) is 19.3 Å². The molecule has 3 aromatic rings. The van der Waals surface area contributed by atoms with Crippen LogP contribution in [0.1, 0.15) is 11.8 Å². The molecule has 0 amide bonds. The number of anilines is 1. The van der Waals surface area contributed by atoms with E-state index in [2.05, 4.69) is 25.3 Å². The predicted octanol–water partition coefficient (Wildman–Crippen LogP) is -0.396. The maximum absolute atomic E-state index is 10.9. The maximum atomic E-state index is 10.9. The highest BCUT2D eigenvalue weighted by Crippen LogP contribution is 2.36. The van der Waals surface area contributed by atoms with E-state index in [1.807, 2.05) is 12.1 Å². The van der Waals surface area contributed by atoms with Crippen molar-refractivity contribution in [2.24, 2.45) is 0 Å². The molecule has 4 atom stereocenters. The Morgan fingerprint density at radius 3 is 2.68 bits per heavy atom. The maximum Gasteiger partial charge on any atom is 0.350 e. The second-order valence-corrected chi connectivity index (χ2v) is 8.55. The van der Waals surface area contributed by atoms with Crippen molar-refractivity contribution in [3.05, 3.63) is 42.7 Å². The second kappa shape index (κ2) is 8.93. The number of aliphatic hydroxyl groups is 2. The van der Waals surface area contributed by atoms with Crippen LogP contribution in [0.4, 0.5) is 5.82 Å². The third-order valence-corrected chi connectivity index (χ3v) is 5.24. The Balaban J connectivity index is 1.50. The van der Waals surface area contributed by atoms with E-state index in [-0.39, 0.29) is 6.61 Å². The van der Waals surface area contributed by atoms with Crippen molar-refractivity contribution >= 4 is 24.6 Å². The molecule has 0 aromatic carbocycles. The number of nitrogens with one attached hydrogen (secondary N) is 1. The Morgan fingerprint density at radius 1 is 1.16 bits per heavy atom. The van der Waals surface area contributed by atoms with Crippen molar-refractivity contribution in [1.29, 1.82) is 0 Å². The molecule has 13 nitrogen and oxygen atoms in total. The number of nitrogens with zero attached hydrogens (tertiary/aromatic N) is 5. The molecule has 1 fully saturated rings. The number of pyridine rings is 1. The highest BCUT2D eigenvalue weighted by atomic mass is 31.2. The summed E-state index contributed by atoms with van der Waals surface area (Å²) in [6.07, 6.45) is 0.645. The quantitative estimate of drug-likeness (QED) is 0.279. The summed E-state index contributed by atoms with van der Waals surface area (Å²) in [7, 11) is -4.35. The molecule has 0 saturated carbocycles. The van der Waals surface area contributed by atoms with E-state index in [1.54, 1.807) is 12.4 Å². The Bertz CT molecular complexity index is 1080. The van der Waals surface area contributed by atoms with Crippen LogP contribution in [-0.2, 0) is 20.6 Å². The van der Waals surface area contributed by atoms with Crippen LogP contribution in [0, 0.1) is 0 Å². The number of rotatable bonds is 8. The summed E-state index contributed by atoms with van der Waals surface area (Å²) in [5.74, 6) is 0.482. The van der Waals surface area contributed by atoms with Gasteiger partial charge in [-0.05, 0) is 17.7 Å². The molecular formula is C17H21N6O7P. The Hall–Kier alpha value is -2.51. The van der Waals surface area contributed by atoms with Crippen LogP contribution in [-0.4, -0.2) is 75.8 Å². The van der Waals surface area contributed by atoms with Crippen molar-refractivity contribution in [2.75, 3.05) is 18.3 Å². The summed E-state index contributed by atoms with van der Waals surface area (Å²) in [5, 5.41) is 23.9. The molecule has 4 rings (SSSR count). The van der Waals surface area contributed by atoms with Gasteiger partial charge in [-0.25, -0.2) is 15.0 Å². The Kier molecular flexibility index (Phi) is 6.25. The number of imidazole rings is 1. The van der Waals surface area contributed by atoms with Gasteiger partial charge >= 0.3 is 7.60 Å². The summed E-state index contributed by atoms with van der Waals surface area (Å²) < 4.78 is 23.0. The number of ether oxygens (including phenoxy) is 2. The molecule has 1 saturated heterocycles. The van der Waals surface area contributed by atoms with E-state index < -0.39 is 38.5 Å². The molecule has 3 aromatic heterocycles. The monoisotopic (exact) mass is 452 g/mol. The number of aromatic nitrogens is 5. The molecule has 0 unspecified atom stereocenters. The molecule has 1 aliphatic rings. The standard InChI is InChI=1S/C17H21N6O7P/c24-13-11(6-29-9-31(26,27)28)30-17(14(13)25)23-8-22-12-15(20-7-21-16(12)23)19-5-10-1-3-18-4-2-10/h1-4,7-8,11,13-14,17,24-25H,5-6,9H2,(H,19,20,21)(H2,26,27,28)/t11-,13-,14-,17-/m1/s1. The SMILES string of the molecule is O=P(O)(O)COC[C@H]1O[C@@H](n2cnc3c(NCc4ccncc4)ncnc32)[C@H](O)[C@@H]1O. The summed E-state index contributed by atoms with van der Waals surface area (Å²) in [5.41, 5.74) is 1.82. The molecule has 0 spiro atoms. The van der Waals surface area contributed by atoms with E-state index in [9.17, 15) is 14.8 Å². The minimum Gasteiger partial charge on any atom is -0.387 e. The van der Waals surface area contributed by atoms with Crippen molar-refractivity contribution in [1.82, 2.24) is 24.5 Å². The largest absolute Gasteiger partial charge is 0.387 e. The van der Waals surface area contributed by atoms with Crippen molar-refractivity contribution in [3.63, 3.8) is 0 Å². The molecule has 0 aliphatic carbocycles. The minimum atomic E-state index is -4.35. The molecule has 1 aliphatic heterocycles. The van der Waals surface area contributed by atoms with Crippen molar-refractivity contribution in [3.8, 4) is 0 Å². The first-order valence-electron chi connectivity index (χ1n) is 9.28. The highest BCUT2D eigenvalue weighted by molar-refractivity contribution is 7.51. The van der Waals surface area contributed by atoms with Crippen LogP contribution in [0.15, 0.2) is 37.2 Å². The van der Waals surface area contributed by atoms with Crippen LogP contribution in [0.2, 0.25) is 0 Å². The van der Waals surface area contributed by atoms with Gasteiger partial charge in [-0.1, -0.05) is 0 Å². The van der Waals surface area contributed by atoms with Gasteiger partial charge < -0.3 is 34.8 Å². The van der Waals surface area contributed by atoms with E-state index >= 15 is 0 Å². The van der Waals surface area contributed by atoms with Crippen molar-refractivity contribution in [2.45, 2.75) is 31.1 Å². The highest BCUT2D eigenvalue weighted by Gasteiger charge is 2.44. The van der Waals surface area contributed by atoms with Gasteiger partial charge in [-0.15, -0.1) is 0 Å². The zero-order valence-electron chi connectivity index (χ0n) is 16.1. The summed E-state index contributed by atoms with van der Waals surface area (Å²) in [6.45, 7) is 0.182. The fourth-order valence-corrected chi connectivity index (χ4v) is 3.58. The van der Waals surface area contributed by atoms with E-state index in [0.29, 0.717) is 23.5 Å². The van der Waals surface area contributed by atoms with Crippen LogP contribution in [0.25, 0.3) is 11.2 Å². The van der Waals surface area contributed by atoms with Gasteiger partial charge in [0.1, 0.15) is 31.0 Å². The molecule has 4 heterocycles. The van der Waals surface area contributed by atoms with Crippen LogP contribution < -0.4 is 5.32 Å². The molecular weight excluding hydrogens is 431 g/mol. The Labute approximate surface area is 175 Å². The second-order valence-electron chi connectivity index (χ2n) is 6.97. The molecule has 0 radical (unpaired) electrons. The average Bonchev–Trinajstić information content (AvgIpc) is 3.29. The predicted molar refractivity (Wildman–Crippen MR) is 106 cm³/mol. The fourth-order valence-electron chi connectivity index (χ4n) is 3.24. The molecule has 0 bridgehead atoms. The van der Waals surface area contributed by atoms with Gasteiger partial charge in [0.25, 0.3) is 0 Å². The minimum absolute atomic E-state index is 0.305. The van der Waals surface area contributed by atoms with Gasteiger partial charge in [0.2, 0.25) is 0 Å². The summed E-state index contributed by atoms with van der Waals surface area (Å²) >= 11 is 0. The van der Waals surface area contributed by atoms with Gasteiger partial charge in [0.05, 0.1) is 12.9 Å². The van der Waals surface area contributed by atoms with Crippen LogP contribution in [0.3, 0.4) is 0 Å². The molecule has 166 valence electrons. The van der Waals surface area contributed by atoms with Crippen LogP contribution in [0.5, 0.6) is 0 Å². The number of aliphatic hydroxyl groups excluding tert-OH is 2. The normalized spacial score (nSPS) is 24.0. The number of fused-ring (bicyclic) bond motifs is 1. The van der Waals surface area contributed by atoms with E-state index in [1.165, 1.54) is 17.2 Å². The lowest BCUT2D eigenvalue weighted by Gasteiger charge is -2.16. The lowest BCUT2D eigenvalue weighted by molar-refractivity contribution is -0.0612. The smallest absolute Gasteiger partial charge is 0.350 e. The lowest BCUT2D eigenvalue weighted by Crippen LogP contribution is -2.33. The Morgan fingerprint density at radius 2 is 1.94 bits per heavy atom. The van der Waals surface area contributed by atoms with Crippen LogP contribution >= 0.6 is 7.60 Å². The molecule has 31 heavy (non-hydrogen) atoms. The number of hydrogen-bond donors (Lipinski definition) is 5. The fraction of sp³-hybridized carbons (Fsp3) is 0.412. The van der Waals surface area contributed by atoms with E-state index in [0.717, 1.165) is 5.56 Å². The van der Waals surface area contributed by atoms with Gasteiger partial charge in [-0.2, -0.15) is 0 Å². The lowest BCUT2D eigenvalue weighted by atomic mass is 10.1. The first kappa shape index (κ1) is 21.7. The summed E-state index contributed by atoms with van der Waals surface area (Å²) in [4.78, 5) is 34.5.